The van der Waals surface area contributed by atoms with Crippen LogP contribution in [0.1, 0.15) is 67.3 Å². The van der Waals surface area contributed by atoms with Gasteiger partial charge in [-0.05, 0) is 37.5 Å². The molecule has 1 aliphatic heterocycles. The van der Waals surface area contributed by atoms with Crippen molar-refractivity contribution in [3.05, 3.63) is 11.6 Å². The fraction of sp³-hybridized carbons (Fsp3) is 0.800. The molecule has 108 valence electrons. The van der Waals surface area contributed by atoms with Gasteiger partial charge in [-0.15, -0.1) is 5.10 Å². The summed E-state index contributed by atoms with van der Waals surface area (Å²) in [6, 6.07) is 0. The summed E-state index contributed by atoms with van der Waals surface area (Å²) in [6.07, 6.45) is 8.87. The summed E-state index contributed by atoms with van der Waals surface area (Å²) in [7, 11) is 0. The number of likely N-dealkylation sites (tertiary alicyclic amines) is 1. The largest absolute Gasteiger partial charge is 0.336 e. The van der Waals surface area contributed by atoms with Crippen LogP contribution in [0.5, 0.6) is 0 Å². The van der Waals surface area contributed by atoms with E-state index in [-0.39, 0.29) is 5.91 Å². The fourth-order valence-electron chi connectivity index (χ4n) is 3.84. The minimum absolute atomic E-state index is 0.0252. The van der Waals surface area contributed by atoms with Gasteiger partial charge < -0.3 is 4.90 Å². The number of aromatic amines is 1. The second kappa shape index (κ2) is 4.86. The van der Waals surface area contributed by atoms with Crippen molar-refractivity contribution < 1.29 is 4.79 Å². The molecule has 20 heavy (non-hydrogen) atoms. The van der Waals surface area contributed by atoms with Gasteiger partial charge in [0.25, 0.3) is 5.91 Å². The lowest BCUT2D eigenvalue weighted by Crippen LogP contribution is -2.45. The van der Waals surface area contributed by atoms with Crippen molar-refractivity contribution in [3.63, 3.8) is 0 Å². The number of hydrogen-bond acceptors (Lipinski definition) is 3. The van der Waals surface area contributed by atoms with Crippen LogP contribution < -0.4 is 0 Å². The van der Waals surface area contributed by atoms with Crippen LogP contribution in [0.15, 0.2) is 0 Å². The van der Waals surface area contributed by atoms with E-state index >= 15 is 0 Å². The Morgan fingerprint density at radius 3 is 2.70 bits per heavy atom. The monoisotopic (exact) mass is 274 g/mol. The maximum absolute atomic E-state index is 12.5. The average Bonchev–Trinajstić information content (AvgIpc) is 3.23. The first kappa shape index (κ1) is 12.4. The third kappa shape index (κ3) is 2.23. The van der Waals surface area contributed by atoms with E-state index in [9.17, 15) is 4.79 Å². The Labute approximate surface area is 119 Å². The third-order valence-electron chi connectivity index (χ3n) is 5.24. The van der Waals surface area contributed by atoms with Crippen LogP contribution in [-0.2, 0) is 0 Å². The highest BCUT2D eigenvalue weighted by Gasteiger charge is 2.35. The molecule has 4 rings (SSSR count). The van der Waals surface area contributed by atoms with Crippen molar-refractivity contribution in [3.8, 4) is 0 Å². The van der Waals surface area contributed by atoms with Gasteiger partial charge in [-0.3, -0.25) is 9.89 Å². The van der Waals surface area contributed by atoms with E-state index in [4.69, 9.17) is 0 Å². The number of aromatic nitrogens is 3. The highest BCUT2D eigenvalue weighted by Crippen LogP contribution is 2.38. The molecule has 2 saturated carbocycles. The Bertz CT molecular complexity index is 508. The first-order valence-corrected chi connectivity index (χ1v) is 8.03. The molecule has 1 aromatic heterocycles. The molecule has 1 saturated heterocycles. The maximum atomic E-state index is 12.5. The van der Waals surface area contributed by atoms with Gasteiger partial charge in [-0.25, -0.2) is 4.98 Å². The molecule has 3 fully saturated rings. The minimum Gasteiger partial charge on any atom is -0.336 e. The number of piperidine rings is 1. The van der Waals surface area contributed by atoms with Crippen LogP contribution in [0.4, 0.5) is 0 Å². The summed E-state index contributed by atoms with van der Waals surface area (Å²) >= 11 is 0. The molecule has 5 heteroatoms. The molecule has 0 bridgehead atoms. The van der Waals surface area contributed by atoms with E-state index in [1.807, 2.05) is 4.90 Å². The molecular weight excluding hydrogens is 252 g/mol. The van der Waals surface area contributed by atoms with Crippen LogP contribution in [0.3, 0.4) is 0 Å². The Morgan fingerprint density at radius 1 is 1.10 bits per heavy atom. The van der Waals surface area contributed by atoms with Crippen molar-refractivity contribution in [2.24, 2.45) is 11.8 Å². The molecular formula is C15H22N4O. The van der Waals surface area contributed by atoms with Gasteiger partial charge in [0.15, 0.2) is 0 Å². The van der Waals surface area contributed by atoms with E-state index in [1.54, 1.807) is 0 Å². The Morgan fingerprint density at radius 2 is 1.90 bits per heavy atom. The van der Waals surface area contributed by atoms with Gasteiger partial charge >= 0.3 is 0 Å². The quantitative estimate of drug-likeness (QED) is 0.900. The third-order valence-corrected chi connectivity index (χ3v) is 5.24. The molecule has 3 aliphatic rings. The predicted octanol–water partition coefficient (Wildman–Crippen LogP) is 2.33. The van der Waals surface area contributed by atoms with Gasteiger partial charge in [0, 0.05) is 19.0 Å². The van der Waals surface area contributed by atoms with E-state index in [0.29, 0.717) is 17.7 Å². The Balaban J connectivity index is 1.44. The standard InChI is InChI=1S/C15H22N4O/c20-15(14-16-13(17-18-14)11-5-6-11)19-8-7-10-3-1-2-4-12(10)9-19/h10-12H,1-9H2,(H,16,17,18). The van der Waals surface area contributed by atoms with Gasteiger partial charge in [0.2, 0.25) is 5.82 Å². The molecule has 2 atom stereocenters. The zero-order chi connectivity index (χ0) is 13.5. The highest BCUT2D eigenvalue weighted by atomic mass is 16.2. The number of H-pyrrole nitrogens is 1. The highest BCUT2D eigenvalue weighted by molar-refractivity contribution is 5.90. The number of fused-ring (bicyclic) bond motifs is 1. The lowest BCUT2D eigenvalue weighted by Gasteiger charge is -2.40. The maximum Gasteiger partial charge on any atom is 0.293 e. The average molecular weight is 274 g/mol. The van der Waals surface area contributed by atoms with Crippen LogP contribution in [-0.4, -0.2) is 39.1 Å². The van der Waals surface area contributed by atoms with Gasteiger partial charge in [-0.2, -0.15) is 0 Å². The van der Waals surface area contributed by atoms with Crippen molar-refractivity contribution >= 4 is 5.91 Å². The number of nitrogens with one attached hydrogen (secondary N) is 1. The first-order valence-electron chi connectivity index (χ1n) is 8.03. The second-order valence-corrected chi connectivity index (χ2v) is 6.66. The summed E-state index contributed by atoms with van der Waals surface area (Å²) in [4.78, 5) is 18.9. The molecule has 2 aliphatic carbocycles. The Hall–Kier alpha value is -1.39. The van der Waals surface area contributed by atoms with Crippen molar-refractivity contribution in [2.45, 2.75) is 50.9 Å². The van der Waals surface area contributed by atoms with Crippen molar-refractivity contribution in [2.75, 3.05) is 13.1 Å². The SMILES string of the molecule is O=C(c1n[nH]c(C2CC2)n1)N1CCC2CCCCC2C1. The normalized spacial score (nSPS) is 30.1. The number of carbonyl (C=O) groups is 1. The van der Waals surface area contributed by atoms with Gasteiger partial charge in [0.1, 0.15) is 5.82 Å². The topological polar surface area (TPSA) is 61.9 Å². The smallest absolute Gasteiger partial charge is 0.293 e. The number of carbonyl (C=O) groups excluding carboxylic acids is 1. The summed E-state index contributed by atoms with van der Waals surface area (Å²) in [5.41, 5.74) is 0. The van der Waals surface area contributed by atoms with E-state index in [2.05, 4.69) is 15.2 Å². The molecule has 0 radical (unpaired) electrons. The van der Waals surface area contributed by atoms with Crippen LogP contribution in [0.25, 0.3) is 0 Å². The van der Waals surface area contributed by atoms with Crippen LogP contribution in [0.2, 0.25) is 0 Å². The number of nitrogens with zero attached hydrogens (tertiary/aromatic N) is 3. The summed E-state index contributed by atoms with van der Waals surface area (Å²) < 4.78 is 0. The fourth-order valence-corrected chi connectivity index (χ4v) is 3.84. The zero-order valence-electron chi connectivity index (χ0n) is 11.8. The van der Waals surface area contributed by atoms with Crippen LogP contribution >= 0.6 is 0 Å². The molecule has 1 amide bonds. The molecule has 1 N–H and O–H groups in total. The summed E-state index contributed by atoms with van der Waals surface area (Å²) in [5, 5.41) is 7.06. The summed E-state index contributed by atoms with van der Waals surface area (Å²) in [5.74, 6) is 3.39. The van der Waals surface area contributed by atoms with Crippen molar-refractivity contribution in [1.29, 1.82) is 0 Å². The zero-order valence-corrected chi connectivity index (χ0v) is 11.8. The van der Waals surface area contributed by atoms with E-state index in [0.717, 1.165) is 31.3 Å². The van der Waals surface area contributed by atoms with Crippen molar-refractivity contribution in [1.82, 2.24) is 20.1 Å². The minimum atomic E-state index is 0.0252. The first-order chi connectivity index (χ1) is 9.81. The van der Waals surface area contributed by atoms with E-state index < -0.39 is 0 Å². The summed E-state index contributed by atoms with van der Waals surface area (Å²) in [6.45, 7) is 1.80. The Kier molecular flexibility index (Phi) is 3.00. The lowest BCUT2D eigenvalue weighted by molar-refractivity contribution is 0.0510. The molecule has 0 aromatic carbocycles. The predicted molar refractivity (Wildman–Crippen MR) is 74.3 cm³/mol. The number of amides is 1. The molecule has 0 spiro atoms. The molecule has 2 unspecified atom stereocenters. The van der Waals surface area contributed by atoms with Crippen LogP contribution in [0, 0.1) is 11.8 Å². The molecule has 2 heterocycles. The lowest BCUT2D eigenvalue weighted by atomic mass is 9.75. The molecule has 1 aromatic rings. The number of rotatable bonds is 2. The number of hydrogen-bond donors (Lipinski definition) is 1. The van der Waals surface area contributed by atoms with Gasteiger partial charge in [0.05, 0.1) is 0 Å². The molecule has 5 nitrogen and oxygen atoms in total. The van der Waals surface area contributed by atoms with Gasteiger partial charge in [-0.1, -0.05) is 19.3 Å². The second-order valence-electron chi connectivity index (χ2n) is 6.66. The van der Waals surface area contributed by atoms with E-state index in [1.165, 1.54) is 38.5 Å².